The van der Waals surface area contributed by atoms with Crippen molar-refractivity contribution in [3.8, 4) is 0 Å². The molecule has 124 valence electrons. The van der Waals surface area contributed by atoms with E-state index in [0.29, 0.717) is 0 Å². The second-order valence-corrected chi connectivity index (χ2v) is 8.06. The van der Waals surface area contributed by atoms with Crippen LogP contribution in [0.5, 0.6) is 0 Å². The predicted octanol–water partition coefficient (Wildman–Crippen LogP) is 5.40. The van der Waals surface area contributed by atoms with Crippen molar-refractivity contribution in [2.75, 3.05) is 0 Å². The van der Waals surface area contributed by atoms with Gasteiger partial charge in [0.2, 0.25) is 0 Å². The van der Waals surface area contributed by atoms with E-state index in [9.17, 15) is 0 Å². The Balaban J connectivity index is 0.00000100. The Morgan fingerprint density at radius 2 is 0.625 bits per heavy atom. The van der Waals surface area contributed by atoms with Gasteiger partial charge in [-0.1, -0.05) is 103 Å². The van der Waals surface area contributed by atoms with Crippen molar-refractivity contribution < 1.29 is 0 Å². The first-order chi connectivity index (χ1) is 11.6. The molecule has 0 nitrogen and oxygen atoms in total. The van der Waals surface area contributed by atoms with Crippen LogP contribution in [0.4, 0.5) is 0 Å². The van der Waals surface area contributed by atoms with E-state index in [2.05, 4.69) is 93.6 Å². The largest absolute Gasteiger partial charge is 0.0683 e. The predicted molar refractivity (Wildman–Crippen MR) is 111 cm³/mol. The molecule has 0 aliphatic heterocycles. The maximum atomic E-state index is 2.28. The summed E-state index contributed by atoms with van der Waals surface area (Å²) in [4.78, 5) is 0. The summed E-state index contributed by atoms with van der Waals surface area (Å²) in [7, 11) is -0.483. The summed E-state index contributed by atoms with van der Waals surface area (Å²) < 4.78 is 0. The van der Waals surface area contributed by atoms with Crippen molar-refractivity contribution in [3.63, 3.8) is 0 Å². The van der Waals surface area contributed by atoms with Crippen molar-refractivity contribution >= 4 is 23.8 Å². The molecule has 0 unspecified atom stereocenters. The second-order valence-electron chi connectivity index (χ2n) is 5.84. The van der Waals surface area contributed by atoms with E-state index in [1.807, 2.05) is 13.8 Å². The monoisotopic (exact) mass is 334 g/mol. The standard InChI is InChI=1S/C21H21P.C2H6/c1-16-4-10-19(11-5-16)22(20-12-6-17(2)7-13-20)21-14-8-18(3)9-15-21;1-2/h4-15H,1-3H3;1-2H3. The van der Waals surface area contributed by atoms with Gasteiger partial charge in [0.25, 0.3) is 0 Å². The molecule has 0 saturated heterocycles. The molecule has 3 rings (SSSR count). The van der Waals surface area contributed by atoms with Gasteiger partial charge < -0.3 is 0 Å². The number of hydrogen-bond acceptors (Lipinski definition) is 0. The molecule has 1 heteroatoms. The highest BCUT2D eigenvalue weighted by Gasteiger charge is 2.16. The molecule has 0 bridgehead atoms. The summed E-state index contributed by atoms with van der Waals surface area (Å²) in [6.45, 7) is 10.4. The van der Waals surface area contributed by atoms with Crippen LogP contribution in [-0.2, 0) is 0 Å². The van der Waals surface area contributed by atoms with Crippen LogP contribution in [0.3, 0.4) is 0 Å². The molecule has 0 fully saturated rings. The Bertz CT molecular complexity index is 629. The molecule has 0 heterocycles. The quantitative estimate of drug-likeness (QED) is 0.563. The smallest absolute Gasteiger partial charge is 0.0134 e. The minimum absolute atomic E-state index is 0.483. The molecule has 3 aromatic carbocycles. The van der Waals surface area contributed by atoms with E-state index in [1.165, 1.54) is 32.6 Å². The number of rotatable bonds is 3. The van der Waals surface area contributed by atoms with E-state index in [0.717, 1.165) is 0 Å². The summed E-state index contributed by atoms with van der Waals surface area (Å²) in [6, 6.07) is 27.0. The Hall–Kier alpha value is -1.91. The first-order valence-corrected chi connectivity index (χ1v) is 9.98. The normalized spacial score (nSPS) is 10.2. The molecule has 0 spiro atoms. The van der Waals surface area contributed by atoms with Gasteiger partial charge in [-0.25, -0.2) is 0 Å². The van der Waals surface area contributed by atoms with Crippen molar-refractivity contribution in [1.82, 2.24) is 0 Å². The van der Waals surface area contributed by atoms with Crippen molar-refractivity contribution in [2.45, 2.75) is 34.6 Å². The van der Waals surface area contributed by atoms with Gasteiger partial charge in [0.1, 0.15) is 0 Å². The molecular weight excluding hydrogens is 307 g/mol. The van der Waals surface area contributed by atoms with Crippen LogP contribution in [0.2, 0.25) is 0 Å². The SMILES string of the molecule is CC.Cc1ccc(P(c2ccc(C)cc2)c2ccc(C)cc2)cc1. The summed E-state index contributed by atoms with van der Waals surface area (Å²) in [5.41, 5.74) is 3.93. The Labute approximate surface area is 148 Å². The first kappa shape index (κ1) is 18.4. The number of hydrogen-bond donors (Lipinski definition) is 0. The van der Waals surface area contributed by atoms with Gasteiger partial charge in [0.05, 0.1) is 0 Å². The zero-order chi connectivity index (χ0) is 17.5. The molecule has 0 radical (unpaired) electrons. The average Bonchev–Trinajstić information content (AvgIpc) is 2.62. The average molecular weight is 334 g/mol. The van der Waals surface area contributed by atoms with Crippen LogP contribution in [0.1, 0.15) is 30.5 Å². The zero-order valence-electron chi connectivity index (χ0n) is 15.4. The highest BCUT2D eigenvalue weighted by molar-refractivity contribution is 7.79. The third-order valence-electron chi connectivity index (χ3n) is 3.88. The van der Waals surface area contributed by atoms with Gasteiger partial charge in [0, 0.05) is 0 Å². The van der Waals surface area contributed by atoms with E-state index in [-0.39, 0.29) is 0 Å². The number of aryl methyl sites for hydroxylation is 3. The van der Waals surface area contributed by atoms with Gasteiger partial charge in [0.15, 0.2) is 0 Å². The van der Waals surface area contributed by atoms with Crippen LogP contribution >= 0.6 is 7.92 Å². The summed E-state index contributed by atoms with van der Waals surface area (Å²) >= 11 is 0. The number of benzene rings is 3. The molecule has 0 saturated carbocycles. The lowest BCUT2D eigenvalue weighted by atomic mass is 10.2. The maximum absolute atomic E-state index is 2.28. The third-order valence-corrected chi connectivity index (χ3v) is 6.32. The highest BCUT2D eigenvalue weighted by atomic mass is 31.1. The molecule has 0 N–H and O–H groups in total. The molecular formula is C23H27P. The fourth-order valence-corrected chi connectivity index (χ4v) is 4.76. The minimum Gasteiger partial charge on any atom is -0.0683 e. The van der Waals surface area contributed by atoms with Crippen molar-refractivity contribution in [2.24, 2.45) is 0 Å². The first-order valence-electron chi connectivity index (χ1n) is 8.63. The second kappa shape index (κ2) is 8.81. The molecule has 0 aromatic heterocycles. The van der Waals surface area contributed by atoms with Crippen molar-refractivity contribution in [3.05, 3.63) is 89.5 Å². The Morgan fingerprint density at radius 1 is 0.417 bits per heavy atom. The summed E-state index contributed by atoms with van der Waals surface area (Å²) in [5.74, 6) is 0. The van der Waals surface area contributed by atoms with Crippen LogP contribution in [0, 0.1) is 20.8 Å². The van der Waals surface area contributed by atoms with Gasteiger partial charge in [-0.3, -0.25) is 0 Å². The molecule has 0 atom stereocenters. The summed E-state index contributed by atoms with van der Waals surface area (Å²) in [5, 5.41) is 4.23. The highest BCUT2D eigenvalue weighted by Crippen LogP contribution is 2.32. The molecule has 0 aliphatic rings. The van der Waals surface area contributed by atoms with E-state index in [4.69, 9.17) is 0 Å². The van der Waals surface area contributed by atoms with Gasteiger partial charge >= 0.3 is 0 Å². The third kappa shape index (κ3) is 4.56. The fraction of sp³-hybridized carbons (Fsp3) is 0.217. The zero-order valence-corrected chi connectivity index (χ0v) is 16.3. The van der Waals surface area contributed by atoms with Crippen molar-refractivity contribution in [1.29, 1.82) is 0 Å². The van der Waals surface area contributed by atoms with Gasteiger partial charge in [-0.15, -0.1) is 0 Å². The molecule has 24 heavy (non-hydrogen) atoms. The maximum Gasteiger partial charge on any atom is -0.0134 e. The van der Waals surface area contributed by atoms with Crippen LogP contribution in [0.25, 0.3) is 0 Å². The molecule has 3 aromatic rings. The lowest BCUT2D eigenvalue weighted by Crippen LogP contribution is -2.20. The van der Waals surface area contributed by atoms with Crippen LogP contribution < -0.4 is 15.9 Å². The van der Waals surface area contributed by atoms with Crippen LogP contribution in [0.15, 0.2) is 72.8 Å². The molecule has 0 aliphatic carbocycles. The van der Waals surface area contributed by atoms with E-state index >= 15 is 0 Å². The topological polar surface area (TPSA) is 0 Å². The molecule has 0 amide bonds. The lowest BCUT2D eigenvalue weighted by Gasteiger charge is -2.20. The summed E-state index contributed by atoms with van der Waals surface area (Å²) in [6.07, 6.45) is 0. The fourth-order valence-electron chi connectivity index (χ4n) is 2.53. The lowest BCUT2D eigenvalue weighted by molar-refractivity contribution is 1.48. The van der Waals surface area contributed by atoms with Gasteiger partial charge in [-0.2, -0.15) is 0 Å². The Kier molecular flexibility index (Phi) is 6.76. The van der Waals surface area contributed by atoms with Gasteiger partial charge in [-0.05, 0) is 44.6 Å². The van der Waals surface area contributed by atoms with Crippen LogP contribution in [-0.4, -0.2) is 0 Å². The minimum atomic E-state index is -0.483. The van der Waals surface area contributed by atoms with E-state index < -0.39 is 7.92 Å². The Morgan fingerprint density at radius 3 is 0.833 bits per heavy atom. The van der Waals surface area contributed by atoms with E-state index in [1.54, 1.807) is 0 Å².